The van der Waals surface area contributed by atoms with E-state index in [-0.39, 0.29) is 55.4 Å². The zero-order valence-electron chi connectivity index (χ0n) is 19.2. The van der Waals surface area contributed by atoms with E-state index < -0.39 is 22.2 Å². The molecule has 0 aliphatic carbocycles. The molecule has 1 aliphatic heterocycles. The molecule has 1 heterocycles. The number of carbonyl (C=O) groups is 1. The zero-order chi connectivity index (χ0) is 23.9. The SMILES string of the molecule is COCC#Cc1ccc2c(c1)O[C@@H](CN(C)C(=O)COC)[C@H](C)CN([C@H](C)CO)S2(=O)=O. The minimum atomic E-state index is -3.93. The number of aliphatic hydroxyl groups excluding tert-OH is 1. The summed E-state index contributed by atoms with van der Waals surface area (Å²) in [5, 5.41) is 9.69. The van der Waals surface area contributed by atoms with Crippen molar-refractivity contribution in [2.75, 3.05) is 54.2 Å². The predicted octanol–water partition coefficient (Wildman–Crippen LogP) is 0.558. The summed E-state index contributed by atoms with van der Waals surface area (Å²) in [6.07, 6.45) is -0.495. The van der Waals surface area contributed by atoms with E-state index in [9.17, 15) is 18.3 Å². The molecular formula is C22H32N2O7S. The Kier molecular flexibility index (Phi) is 9.48. The number of nitrogens with zero attached hydrogens (tertiary/aromatic N) is 2. The van der Waals surface area contributed by atoms with E-state index in [1.54, 1.807) is 26.1 Å². The topological polar surface area (TPSA) is 106 Å². The van der Waals surface area contributed by atoms with Gasteiger partial charge in [-0.2, -0.15) is 4.31 Å². The third-order valence-electron chi connectivity index (χ3n) is 5.26. The van der Waals surface area contributed by atoms with E-state index in [4.69, 9.17) is 14.2 Å². The standard InChI is InChI=1S/C22H32N2O7S/c1-16-12-24(17(2)14-25)32(27,28)21-9-8-18(7-6-10-29-4)11-19(21)31-20(16)13-23(3)22(26)15-30-5/h8-9,11,16-17,20,25H,10,12-15H2,1-5H3/t16-,17-,20+/m1/s1. The third-order valence-corrected chi connectivity index (χ3v) is 7.28. The van der Waals surface area contributed by atoms with Gasteiger partial charge in [0.15, 0.2) is 0 Å². The van der Waals surface area contributed by atoms with Crippen molar-refractivity contribution in [3.05, 3.63) is 23.8 Å². The molecule has 0 unspecified atom stereocenters. The summed E-state index contributed by atoms with van der Waals surface area (Å²) in [6.45, 7) is 3.75. The second kappa shape index (κ2) is 11.6. The summed E-state index contributed by atoms with van der Waals surface area (Å²) < 4.78 is 44.2. The molecule has 3 atom stereocenters. The minimum Gasteiger partial charge on any atom is -0.487 e. The van der Waals surface area contributed by atoms with Gasteiger partial charge in [-0.15, -0.1) is 0 Å². The molecule has 178 valence electrons. The molecule has 1 amide bonds. The third kappa shape index (κ3) is 6.21. The number of benzene rings is 1. The molecule has 0 fully saturated rings. The van der Waals surface area contributed by atoms with E-state index in [2.05, 4.69) is 11.8 Å². The van der Waals surface area contributed by atoms with Crippen molar-refractivity contribution >= 4 is 15.9 Å². The zero-order valence-corrected chi connectivity index (χ0v) is 20.0. The second-order valence-electron chi connectivity index (χ2n) is 7.84. The first-order valence-corrected chi connectivity index (χ1v) is 11.7. The van der Waals surface area contributed by atoms with Crippen LogP contribution in [0, 0.1) is 17.8 Å². The highest BCUT2D eigenvalue weighted by Crippen LogP contribution is 2.34. The van der Waals surface area contributed by atoms with Crippen LogP contribution < -0.4 is 4.74 Å². The molecule has 0 saturated carbocycles. The van der Waals surface area contributed by atoms with Gasteiger partial charge >= 0.3 is 0 Å². The number of hydrogen-bond acceptors (Lipinski definition) is 7. The number of rotatable bonds is 7. The molecule has 10 heteroatoms. The smallest absolute Gasteiger partial charge is 0.248 e. The predicted molar refractivity (Wildman–Crippen MR) is 119 cm³/mol. The summed E-state index contributed by atoms with van der Waals surface area (Å²) in [7, 11) is 0.700. The van der Waals surface area contributed by atoms with Crippen molar-refractivity contribution in [3.63, 3.8) is 0 Å². The molecule has 1 aliphatic rings. The Morgan fingerprint density at radius 1 is 1.38 bits per heavy atom. The summed E-state index contributed by atoms with van der Waals surface area (Å²) in [5.41, 5.74) is 0.577. The van der Waals surface area contributed by atoms with Gasteiger partial charge in [-0.1, -0.05) is 18.8 Å². The Morgan fingerprint density at radius 3 is 2.72 bits per heavy atom. The quantitative estimate of drug-likeness (QED) is 0.583. The molecular weight excluding hydrogens is 436 g/mol. The molecule has 0 saturated heterocycles. The molecule has 1 N–H and O–H groups in total. The number of amides is 1. The number of sulfonamides is 1. The van der Waals surface area contributed by atoms with E-state index in [0.29, 0.717) is 5.56 Å². The Balaban J connectivity index is 2.52. The van der Waals surface area contributed by atoms with Crippen molar-refractivity contribution < 1.29 is 32.5 Å². The minimum absolute atomic E-state index is 0.00198. The number of methoxy groups -OCH3 is 2. The van der Waals surface area contributed by atoms with Gasteiger partial charge in [0.05, 0.1) is 13.2 Å². The Morgan fingerprint density at radius 2 is 2.09 bits per heavy atom. The van der Waals surface area contributed by atoms with E-state index in [1.165, 1.54) is 29.5 Å². The van der Waals surface area contributed by atoms with Gasteiger partial charge in [0, 0.05) is 45.3 Å². The lowest BCUT2D eigenvalue weighted by atomic mass is 10.0. The largest absolute Gasteiger partial charge is 0.487 e. The van der Waals surface area contributed by atoms with E-state index >= 15 is 0 Å². The normalized spacial score (nSPS) is 21.2. The molecule has 9 nitrogen and oxygen atoms in total. The van der Waals surface area contributed by atoms with Crippen molar-refractivity contribution in [2.45, 2.75) is 30.9 Å². The van der Waals surface area contributed by atoms with E-state index in [1.807, 2.05) is 6.92 Å². The molecule has 0 bridgehead atoms. The first-order chi connectivity index (χ1) is 15.1. The van der Waals surface area contributed by atoms with Crippen LogP contribution in [0.15, 0.2) is 23.1 Å². The van der Waals surface area contributed by atoms with Crippen LogP contribution in [0.25, 0.3) is 0 Å². The highest BCUT2D eigenvalue weighted by Gasteiger charge is 2.38. The van der Waals surface area contributed by atoms with Gasteiger partial charge in [0.1, 0.15) is 30.0 Å². The fourth-order valence-electron chi connectivity index (χ4n) is 3.34. The van der Waals surface area contributed by atoms with Crippen molar-refractivity contribution in [2.24, 2.45) is 5.92 Å². The van der Waals surface area contributed by atoms with Gasteiger partial charge in [-0.05, 0) is 25.1 Å². The van der Waals surface area contributed by atoms with Gasteiger partial charge < -0.3 is 24.2 Å². The lowest BCUT2D eigenvalue weighted by Gasteiger charge is -2.37. The highest BCUT2D eigenvalue weighted by molar-refractivity contribution is 7.89. The van der Waals surface area contributed by atoms with Crippen LogP contribution in [0.5, 0.6) is 5.75 Å². The average molecular weight is 469 g/mol. The lowest BCUT2D eigenvalue weighted by Crippen LogP contribution is -2.50. The summed E-state index contributed by atoms with van der Waals surface area (Å²) in [6, 6.07) is 4.03. The molecule has 2 rings (SSSR count). The van der Waals surface area contributed by atoms with Gasteiger partial charge in [-0.25, -0.2) is 8.42 Å². The number of ether oxygens (including phenoxy) is 3. The maximum absolute atomic E-state index is 13.4. The number of fused-ring (bicyclic) bond motifs is 1. The monoisotopic (exact) mass is 468 g/mol. The average Bonchev–Trinajstić information content (AvgIpc) is 2.75. The first kappa shape index (κ1) is 26.1. The summed E-state index contributed by atoms with van der Waals surface area (Å²) in [5.74, 6) is 5.44. The number of hydrogen-bond donors (Lipinski definition) is 1. The molecule has 0 spiro atoms. The first-order valence-electron chi connectivity index (χ1n) is 10.3. The maximum atomic E-state index is 13.4. The Hall–Kier alpha value is -2.16. The molecule has 0 radical (unpaired) electrons. The highest BCUT2D eigenvalue weighted by atomic mass is 32.2. The van der Waals surface area contributed by atoms with Crippen molar-refractivity contribution in [1.82, 2.24) is 9.21 Å². The van der Waals surface area contributed by atoms with Gasteiger partial charge in [0.25, 0.3) is 0 Å². The molecule has 32 heavy (non-hydrogen) atoms. The van der Waals surface area contributed by atoms with Gasteiger partial charge in [-0.3, -0.25) is 4.79 Å². The van der Waals surface area contributed by atoms with Crippen LogP contribution in [0.3, 0.4) is 0 Å². The second-order valence-corrected chi connectivity index (χ2v) is 9.70. The van der Waals surface area contributed by atoms with E-state index in [0.717, 1.165) is 0 Å². The Labute approximate surface area is 190 Å². The molecule has 1 aromatic carbocycles. The molecule has 1 aromatic rings. The lowest BCUT2D eigenvalue weighted by molar-refractivity contribution is -0.135. The summed E-state index contributed by atoms with van der Waals surface area (Å²) >= 11 is 0. The van der Waals surface area contributed by atoms with Crippen LogP contribution in [0.4, 0.5) is 0 Å². The maximum Gasteiger partial charge on any atom is 0.248 e. The number of aliphatic hydroxyl groups is 1. The van der Waals surface area contributed by atoms with Crippen LogP contribution >= 0.6 is 0 Å². The summed E-state index contributed by atoms with van der Waals surface area (Å²) in [4.78, 5) is 13.7. The Bertz CT molecular complexity index is 955. The van der Waals surface area contributed by atoms with Crippen LogP contribution in [0.1, 0.15) is 19.4 Å². The fourth-order valence-corrected chi connectivity index (χ4v) is 5.16. The molecule has 0 aromatic heterocycles. The van der Waals surface area contributed by atoms with Crippen LogP contribution in [-0.2, 0) is 24.3 Å². The number of carbonyl (C=O) groups excluding carboxylic acids is 1. The van der Waals surface area contributed by atoms with Crippen LogP contribution in [0.2, 0.25) is 0 Å². The van der Waals surface area contributed by atoms with Crippen molar-refractivity contribution in [1.29, 1.82) is 0 Å². The fraction of sp³-hybridized carbons (Fsp3) is 0.591. The van der Waals surface area contributed by atoms with Crippen molar-refractivity contribution in [3.8, 4) is 17.6 Å². The van der Waals surface area contributed by atoms with Crippen LogP contribution in [-0.4, -0.2) is 95.0 Å². The number of likely N-dealkylation sites (N-methyl/N-ethyl adjacent to an activating group) is 1. The van der Waals surface area contributed by atoms with Gasteiger partial charge in [0.2, 0.25) is 15.9 Å².